The fraction of sp³-hybridized carbons (Fsp3) is 0.294. The van der Waals surface area contributed by atoms with Gasteiger partial charge in [0.2, 0.25) is 0 Å². The molecule has 0 unspecified atom stereocenters. The molecule has 0 spiro atoms. The molecule has 2 aromatic rings. The van der Waals surface area contributed by atoms with Crippen molar-refractivity contribution in [2.75, 3.05) is 11.8 Å². The van der Waals surface area contributed by atoms with Gasteiger partial charge in [0.05, 0.1) is 0 Å². The summed E-state index contributed by atoms with van der Waals surface area (Å²) >= 11 is 12.3. The third-order valence-electron chi connectivity index (χ3n) is 3.79. The van der Waals surface area contributed by atoms with E-state index in [9.17, 15) is 8.78 Å². The zero-order valence-electron chi connectivity index (χ0n) is 11.7. The van der Waals surface area contributed by atoms with E-state index in [0.29, 0.717) is 12.0 Å². The Morgan fingerprint density at radius 2 is 1.67 bits per heavy atom. The van der Waals surface area contributed by atoms with Gasteiger partial charge in [-0.05, 0) is 48.2 Å². The van der Waals surface area contributed by atoms with Crippen LogP contribution in [0.25, 0.3) is 0 Å². The summed E-state index contributed by atoms with van der Waals surface area (Å²) in [7, 11) is 0. The lowest BCUT2D eigenvalue weighted by molar-refractivity contribution is 0.489. The van der Waals surface area contributed by atoms with Crippen molar-refractivity contribution in [1.82, 2.24) is 0 Å². The van der Waals surface area contributed by atoms with Crippen LogP contribution in [0.4, 0.5) is 8.78 Å². The van der Waals surface area contributed by atoms with Gasteiger partial charge in [-0.15, -0.1) is 23.2 Å². The molecule has 0 aliphatic rings. The molecule has 0 bridgehead atoms. The van der Waals surface area contributed by atoms with Gasteiger partial charge in [0, 0.05) is 17.2 Å². The Bertz CT molecular complexity index is 622. The van der Waals surface area contributed by atoms with Crippen molar-refractivity contribution in [2.45, 2.75) is 18.8 Å². The minimum Gasteiger partial charge on any atom is -0.207 e. The Morgan fingerprint density at radius 1 is 1.00 bits per heavy atom. The highest BCUT2D eigenvalue weighted by Gasteiger charge is 2.33. The minimum atomic E-state index is -0.711. The first kappa shape index (κ1) is 16.3. The maximum absolute atomic E-state index is 14.1. The molecule has 0 amide bonds. The van der Waals surface area contributed by atoms with E-state index in [1.54, 1.807) is 24.3 Å². The van der Waals surface area contributed by atoms with Crippen LogP contribution in [0.2, 0.25) is 0 Å². The number of rotatable bonds is 5. The van der Waals surface area contributed by atoms with Gasteiger partial charge in [-0.2, -0.15) is 0 Å². The molecule has 0 saturated heterocycles. The summed E-state index contributed by atoms with van der Waals surface area (Å²) < 4.78 is 27.4. The van der Waals surface area contributed by atoms with Crippen molar-refractivity contribution in [1.29, 1.82) is 0 Å². The van der Waals surface area contributed by atoms with Crippen molar-refractivity contribution in [3.63, 3.8) is 0 Å². The molecule has 2 rings (SSSR count). The highest BCUT2D eigenvalue weighted by Crippen LogP contribution is 2.34. The summed E-state index contributed by atoms with van der Waals surface area (Å²) in [6.07, 6.45) is 0.465. The number of benzene rings is 2. The van der Waals surface area contributed by atoms with Gasteiger partial charge >= 0.3 is 0 Å². The fourth-order valence-electron chi connectivity index (χ4n) is 2.48. The first-order valence-electron chi connectivity index (χ1n) is 6.64. The minimum absolute atomic E-state index is 0.189. The first-order valence-corrected chi connectivity index (χ1v) is 7.71. The van der Waals surface area contributed by atoms with Crippen LogP contribution in [0.3, 0.4) is 0 Å². The van der Waals surface area contributed by atoms with Gasteiger partial charge in [0.1, 0.15) is 11.6 Å². The molecule has 0 radical (unpaired) electrons. The van der Waals surface area contributed by atoms with Crippen LogP contribution in [-0.2, 0) is 11.8 Å². The van der Waals surface area contributed by atoms with E-state index in [0.717, 1.165) is 11.1 Å². The summed E-state index contributed by atoms with van der Waals surface area (Å²) in [5.41, 5.74) is 1.52. The predicted molar refractivity (Wildman–Crippen MR) is 84.4 cm³/mol. The van der Waals surface area contributed by atoms with Gasteiger partial charge in [0.25, 0.3) is 0 Å². The molecule has 2 aromatic carbocycles. The standard InChI is InChI=1S/C17H16Cl2F2/c1-12-8-14(20)7-6-13(12)9-17(10-18,11-19)15-4-2-3-5-16(15)21/h2-8H,9-11H2,1H3. The summed E-state index contributed by atoms with van der Waals surface area (Å²) in [6.45, 7) is 1.83. The quantitative estimate of drug-likeness (QED) is 0.659. The third-order valence-corrected chi connectivity index (χ3v) is 4.81. The van der Waals surface area contributed by atoms with Gasteiger partial charge in [0.15, 0.2) is 0 Å². The van der Waals surface area contributed by atoms with Gasteiger partial charge < -0.3 is 0 Å². The maximum Gasteiger partial charge on any atom is 0.127 e. The molecule has 0 aromatic heterocycles. The van der Waals surface area contributed by atoms with E-state index < -0.39 is 5.41 Å². The summed E-state index contributed by atoms with van der Waals surface area (Å²) in [6, 6.07) is 11.1. The van der Waals surface area contributed by atoms with E-state index >= 15 is 0 Å². The van der Waals surface area contributed by atoms with Crippen LogP contribution in [0.1, 0.15) is 16.7 Å². The second-order valence-electron chi connectivity index (χ2n) is 5.28. The lowest BCUT2D eigenvalue weighted by Crippen LogP contribution is -2.34. The molecule has 0 atom stereocenters. The molecule has 21 heavy (non-hydrogen) atoms. The molecule has 112 valence electrons. The Morgan fingerprint density at radius 3 is 2.24 bits per heavy atom. The second kappa shape index (κ2) is 6.76. The SMILES string of the molecule is Cc1cc(F)ccc1CC(CCl)(CCl)c1ccccc1F. The van der Waals surface area contributed by atoms with E-state index in [4.69, 9.17) is 23.2 Å². The molecule has 0 aliphatic carbocycles. The van der Waals surface area contributed by atoms with Crippen LogP contribution in [0, 0.1) is 18.6 Å². The number of hydrogen-bond acceptors (Lipinski definition) is 0. The molecule has 0 fully saturated rings. The summed E-state index contributed by atoms with van der Waals surface area (Å²) in [4.78, 5) is 0. The lowest BCUT2D eigenvalue weighted by atomic mass is 9.77. The Labute approximate surface area is 133 Å². The van der Waals surface area contributed by atoms with Crippen LogP contribution in [0.5, 0.6) is 0 Å². The number of hydrogen-bond donors (Lipinski definition) is 0. The third kappa shape index (κ3) is 3.38. The normalized spacial score (nSPS) is 11.7. The second-order valence-corrected chi connectivity index (χ2v) is 5.81. The zero-order chi connectivity index (χ0) is 15.5. The van der Waals surface area contributed by atoms with E-state index in [1.165, 1.54) is 18.2 Å². The van der Waals surface area contributed by atoms with E-state index in [-0.39, 0.29) is 23.4 Å². The molecular weight excluding hydrogens is 313 g/mol. The molecule has 0 N–H and O–H groups in total. The van der Waals surface area contributed by atoms with Gasteiger partial charge in [-0.3, -0.25) is 0 Å². The smallest absolute Gasteiger partial charge is 0.127 e. The Kier molecular flexibility index (Phi) is 5.23. The molecule has 4 heteroatoms. The summed E-state index contributed by atoms with van der Waals surface area (Å²) in [5, 5.41) is 0. The highest BCUT2D eigenvalue weighted by molar-refractivity contribution is 6.22. The highest BCUT2D eigenvalue weighted by atomic mass is 35.5. The molecule has 0 saturated carbocycles. The van der Waals surface area contributed by atoms with Crippen LogP contribution < -0.4 is 0 Å². The summed E-state index contributed by atoms with van der Waals surface area (Å²) in [5.74, 6) is -0.231. The molecular formula is C17H16Cl2F2. The van der Waals surface area contributed by atoms with E-state index in [2.05, 4.69) is 0 Å². The maximum atomic E-state index is 14.1. The van der Waals surface area contributed by atoms with Crippen molar-refractivity contribution in [2.24, 2.45) is 0 Å². The van der Waals surface area contributed by atoms with Crippen molar-refractivity contribution >= 4 is 23.2 Å². The van der Waals surface area contributed by atoms with Crippen LogP contribution in [-0.4, -0.2) is 11.8 Å². The number of aryl methyl sites for hydroxylation is 1. The zero-order valence-corrected chi connectivity index (χ0v) is 13.2. The molecule has 0 nitrogen and oxygen atoms in total. The fourth-order valence-corrected chi connectivity index (χ4v) is 3.25. The number of halogens is 4. The van der Waals surface area contributed by atoms with E-state index in [1.807, 2.05) is 6.92 Å². The number of alkyl halides is 2. The van der Waals surface area contributed by atoms with Crippen molar-refractivity contribution in [3.8, 4) is 0 Å². The lowest BCUT2D eigenvalue weighted by Gasteiger charge is -2.31. The first-order chi connectivity index (χ1) is 10.0. The predicted octanol–water partition coefficient (Wildman–Crippen LogP) is 5.23. The largest absolute Gasteiger partial charge is 0.207 e. The monoisotopic (exact) mass is 328 g/mol. The van der Waals surface area contributed by atoms with Crippen LogP contribution in [0.15, 0.2) is 42.5 Å². The van der Waals surface area contributed by atoms with Gasteiger partial charge in [-0.1, -0.05) is 24.3 Å². The Balaban J connectivity index is 2.46. The average Bonchev–Trinajstić information content (AvgIpc) is 2.48. The molecule has 0 heterocycles. The topological polar surface area (TPSA) is 0 Å². The van der Waals surface area contributed by atoms with Gasteiger partial charge in [-0.25, -0.2) is 8.78 Å². The Hall–Kier alpha value is -1.12. The average molecular weight is 329 g/mol. The molecule has 0 aliphatic heterocycles. The van der Waals surface area contributed by atoms with Crippen molar-refractivity contribution in [3.05, 3.63) is 70.8 Å². The van der Waals surface area contributed by atoms with Crippen molar-refractivity contribution < 1.29 is 8.78 Å². The van der Waals surface area contributed by atoms with Crippen LogP contribution >= 0.6 is 23.2 Å².